The molecule has 0 aliphatic carbocycles. The molecule has 0 bridgehead atoms. The Morgan fingerprint density at radius 3 is 2.65 bits per heavy atom. The van der Waals surface area contributed by atoms with Crippen molar-refractivity contribution in [2.75, 3.05) is 13.1 Å². The smallest absolute Gasteiger partial charge is 0.257 e. The molecule has 3 aromatic rings. The molecule has 0 spiro atoms. The third-order valence-corrected chi connectivity index (χ3v) is 6.27. The number of hydrogen-bond acceptors (Lipinski definition) is 5. The lowest BCUT2D eigenvalue weighted by Crippen LogP contribution is -2.36. The molecule has 0 N–H and O–H groups in total. The van der Waals surface area contributed by atoms with Crippen LogP contribution in [0.5, 0.6) is 0 Å². The van der Waals surface area contributed by atoms with Crippen molar-refractivity contribution < 1.29 is 4.42 Å². The largest absolute Gasteiger partial charge is 0.418 e. The van der Waals surface area contributed by atoms with E-state index in [0.717, 1.165) is 29.8 Å². The van der Waals surface area contributed by atoms with E-state index in [4.69, 9.17) is 4.42 Å². The normalized spacial score (nSPS) is 17.4. The molecule has 1 aromatic carbocycles. The van der Waals surface area contributed by atoms with Gasteiger partial charge in [-0.05, 0) is 68.6 Å². The first-order valence-corrected chi connectivity index (χ1v) is 10.3. The van der Waals surface area contributed by atoms with Gasteiger partial charge in [0.2, 0.25) is 5.89 Å². The molecule has 1 aliphatic rings. The lowest BCUT2D eigenvalue weighted by atomic mass is 9.90. The molecule has 3 heterocycles. The van der Waals surface area contributed by atoms with Crippen LogP contribution in [0.4, 0.5) is 0 Å². The second-order valence-electron chi connectivity index (χ2n) is 7.10. The van der Waals surface area contributed by atoms with Crippen molar-refractivity contribution in [3.8, 4) is 10.8 Å². The van der Waals surface area contributed by atoms with Crippen molar-refractivity contribution in [1.82, 2.24) is 15.1 Å². The molecule has 4 nitrogen and oxygen atoms in total. The zero-order valence-electron chi connectivity index (χ0n) is 15.2. The van der Waals surface area contributed by atoms with E-state index in [9.17, 15) is 0 Å². The van der Waals surface area contributed by atoms with Crippen LogP contribution in [0.15, 0.2) is 52.3 Å². The van der Waals surface area contributed by atoms with Crippen molar-refractivity contribution >= 4 is 11.3 Å². The summed E-state index contributed by atoms with van der Waals surface area (Å²) in [6.07, 6.45) is 4.98. The van der Waals surface area contributed by atoms with Crippen molar-refractivity contribution in [2.45, 2.75) is 38.6 Å². The van der Waals surface area contributed by atoms with Crippen LogP contribution in [0.25, 0.3) is 10.8 Å². The molecule has 0 amide bonds. The van der Waals surface area contributed by atoms with Gasteiger partial charge in [0.05, 0.1) is 10.9 Å². The number of benzene rings is 1. The summed E-state index contributed by atoms with van der Waals surface area (Å²) in [5, 5.41) is 10.5. The Bertz CT molecular complexity index is 792. The van der Waals surface area contributed by atoms with Gasteiger partial charge >= 0.3 is 0 Å². The highest BCUT2D eigenvalue weighted by Crippen LogP contribution is 2.30. The molecular weight excluding hydrogens is 342 g/mol. The number of piperidine rings is 1. The van der Waals surface area contributed by atoms with E-state index in [1.54, 1.807) is 11.3 Å². The fourth-order valence-corrected chi connectivity index (χ4v) is 4.35. The van der Waals surface area contributed by atoms with Crippen molar-refractivity contribution in [1.29, 1.82) is 0 Å². The Morgan fingerprint density at radius 1 is 1.12 bits per heavy atom. The SMILES string of the molecule is CC(c1nnc(-c2cccs2)o1)N1CCC(CCc2ccccc2)CC1. The van der Waals surface area contributed by atoms with E-state index in [1.807, 2.05) is 17.5 Å². The Labute approximate surface area is 158 Å². The maximum absolute atomic E-state index is 5.92. The van der Waals surface area contributed by atoms with Gasteiger partial charge in [0.25, 0.3) is 5.89 Å². The van der Waals surface area contributed by atoms with E-state index in [1.165, 1.54) is 31.2 Å². The molecule has 1 aliphatic heterocycles. The zero-order chi connectivity index (χ0) is 17.8. The van der Waals surface area contributed by atoms with Crippen LogP contribution >= 0.6 is 11.3 Å². The molecule has 4 rings (SSSR count). The Hall–Kier alpha value is -1.98. The summed E-state index contributed by atoms with van der Waals surface area (Å²) in [7, 11) is 0. The van der Waals surface area contributed by atoms with E-state index in [2.05, 4.69) is 52.4 Å². The van der Waals surface area contributed by atoms with Crippen LogP contribution in [0.2, 0.25) is 0 Å². The van der Waals surface area contributed by atoms with Crippen LogP contribution in [0.1, 0.15) is 43.7 Å². The van der Waals surface area contributed by atoms with E-state index < -0.39 is 0 Å². The van der Waals surface area contributed by atoms with Gasteiger partial charge in [-0.1, -0.05) is 36.4 Å². The predicted molar refractivity (Wildman–Crippen MR) is 105 cm³/mol. The van der Waals surface area contributed by atoms with E-state index >= 15 is 0 Å². The van der Waals surface area contributed by atoms with Gasteiger partial charge in [0, 0.05) is 0 Å². The fourth-order valence-electron chi connectivity index (χ4n) is 3.70. The summed E-state index contributed by atoms with van der Waals surface area (Å²) in [6, 6.07) is 15.0. The van der Waals surface area contributed by atoms with Crippen LogP contribution in [-0.2, 0) is 6.42 Å². The lowest BCUT2D eigenvalue weighted by molar-refractivity contribution is 0.122. The molecule has 1 saturated heterocycles. The Balaban J connectivity index is 1.29. The second kappa shape index (κ2) is 8.14. The van der Waals surface area contributed by atoms with Gasteiger partial charge in [0.1, 0.15) is 0 Å². The van der Waals surface area contributed by atoms with Crippen molar-refractivity contribution in [2.24, 2.45) is 5.92 Å². The fraction of sp³-hybridized carbons (Fsp3) is 0.429. The second-order valence-corrected chi connectivity index (χ2v) is 8.05. The number of aromatic nitrogens is 2. The highest BCUT2D eigenvalue weighted by molar-refractivity contribution is 7.13. The molecule has 5 heteroatoms. The first-order valence-electron chi connectivity index (χ1n) is 9.45. The summed E-state index contributed by atoms with van der Waals surface area (Å²) in [5.41, 5.74) is 1.45. The first-order chi connectivity index (χ1) is 12.8. The third-order valence-electron chi connectivity index (χ3n) is 5.41. The quantitative estimate of drug-likeness (QED) is 0.600. The molecule has 2 aromatic heterocycles. The molecule has 1 unspecified atom stereocenters. The Kier molecular flexibility index (Phi) is 5.46. The minimum Gasteiger partial charge on any atom is -0.418 e. The van der Waals surface area contributed by atoms with Crippen LogP contribution in [-0.4, -0.2) is 28.2 Å². The standard InChI is InChI=1S/C21H25N3OS/c1-16(20-22-23-21(25-20)19-8-5-15-26-19)24-13-11-18(12-14-24)10-9-17-6-3-2-4-7-17/h2-8,15-16,18H,9-14H2,1H3. The highest BCUT2D eigenvalue weighted by Gasteiger charge is 2.26. The number of nitrogens with zero attached hydrogens (tertiary/aromatic N) is 3. The van der Waals surface area contributed by atoms with Crippen molar-refractivity contribution in [3.05, 3.63) is 59.3 Å². The first kappa shape index (κ1) is 17.4. The van der Waals surface area contributed by atoms with Gasteiger partial charge in [-0.25, -0.2) is 0 Å². The zero-order valence-corrected chi connectivity index (χ0v) is 16.0. The van der Waals surface area contributed by atoms with Gasteiger partial charge in [-0.3, -0.25) is 4.90 Å². The molecule has 26 heavy (non-hydrogen) atoms. The van der Waals surface area contributed by atoms with Gasteiger partial charge in [0.15, 0.2) is 0 Å². The average Bonchev–Trinajstić information content (AvgIpc) is 3.38. The Morgan fingerprint density at radius 2 is 1.92 bits per heavy atom. The van der Waals surface area contributed by atoms with E-state index in [-0.39, 0.29) is 6.04 Å². The lowest BCUT2D eigenvalue weighted by Gasteiger charge is -2.34. The summed E-state index contributed by atoms with van der Waals surface area (Å²) < 4.78 is 5.92. The average molecular weight is 368 g/mol. The summed E-state index contributed by atoms with van der Waals surface area (Å²) in [4.78, 5) is 3.51. The third kappa shape index (κ3) is 4.05. The number of likely N-dealkylation sites (tertiary alicyclic amines) is 1. The summed E-state index contributed by atoms with van der Waals surface area (Å²) >= 11 is 1.63. The molecule has 0 radical (unpaired) electrons. The van der Waals surface area contributed by atoms with Gasteiger partial charge in [-0.15, -0.1) is 21.5 Å². The van der Waals surface area contributed by atoms with Gasteiger partial charge in [-0.2, -0.15) is 0 Å². The minimum absolute atomic E-state index is 0.186. The number of aryl methyl sites for hydroxylation is 1. The molecule has 0 saturated carbocycles. The van der Waals surface area contributed by atoms with E-state index in [0.29, 0.717) is 5.89 Å². The summed E-state index contributed by atoms with van der Waals surface area (Å²) in [5.74, 6) is 2.19. The van der Waals surface area contributed by atoms with Crippen LogP contribution in [0.3, 0.4) is 0 Å². The topological polar surface area (TPSA) is 42.2 Å². The molecule has 136 valence electrons. The maximum Gasteiger partial charge on any atom is 0.257 e. The van der Waals surface area contributed by atoms with Crippen LogP contribution < -0.4 is 0 Å². The van der Waals surface area contributed by atoms with Crippen molar-refractivity contribution in [3.63, 3.8) is 0 Å². The number of rotatable bonds is 6. The summed E-state index contributed by atoms with van der Waals surface area (Å²) in [6.45, 7) is 4.39. The molecular formula is C21H25N3OS. The highest BCUT2D eigenvalue weighted by atomic mass is 32.1. The number of hydrogen-bond donors (Lipinski definition) is 0. The van der Waals surface area contributed by atoms with Gasteiger partial charge < -0.3 is 4.42 Å². The molecule has 1 atom stereocenters. The number of thiophene rings is 1. The minimum atomic E-state index is 0.186. The maximum atomic E-state index is 5.92. The molecule has 1 fully saturated rings. The van der Waals surface area contributed by atoms with Crippen LogP contribution in [0, 0.1) is 5.92 Å². The monoisotopic (exact) mass is 367 g/mol. The predicted octanol–water partition coefficient (Wildman–Crippen LogP) is 5.20.